The molecule has 0 fully saturated rings. The van der Waals surface area contributed by atoms with Gasteiger partial charge in [0.15, 0.2) is 0 Å². The van der Waals surface area contributed by atoms with Gasteiger partial charge in [-0.2, -0.15) is 0 Å². The molecule has 1 aromatic rings. The molecule has 0 unspecified atom stereocenters. The molecule has 0 saturated carbocycles. The van der Waals surface area contributed by atoms with E-state index >= 15 is 0 Å². The predicted octanol–water partition coefficient (Wildman–Crippen LogP) is 2.06. The van der Waals surface area contributed by atoms with Crippen molar-refractivity contribution in [1.82, 2.24) is 10.6 Å². The van der Waals surface area contributed by atoms with Gasteiger partial charge in [-0.3, -0.25) is 4.79 Å². The lowest BCUT2D eigenvalue weighted by Crippen LogP contribution is -2.27. The van der Waals surface area contributed by atoms with Gasteiger partial charge in [0.25, 0.3) is 0 Å². The summed E-state index contributed by atoms with van der Waals surface area (Å²) in [7, 11) is 0. The average Bonchev–Trinajstić information content (AvgIpc) is 2.27. The zero-order chi connectivity index (χ0) is 11.8. The first-order valence-electron chi connectivity index (χ1n) is 5.44. The topological polar surface area (TPSA) is 41.1 Å². The Labute approximate surface area is 105 Å². The van der Waals surface area contributed by atoms with Crippen molar-refractivity contribution in [3.63, 3.8) is 0 Å². The molecule has 0 aliphatic rings. The third-order valence-electron chi connectivity index (χ3n) is 2.15. The lowest BCUT2D eigenvalue weighted by atomic mass is 10.2. The van der Waals surface area contributed by atoms with Gasteiger partial charge in [0, 0.05) is 30.5 Å². The summed E-state index contributed by atoms with van der Waals surface area (Å²) in [5.74, 6) is 0.103. The maximum absolute atomic E-state index is 11.1. The third kappa shape index (κ3) is 5.28. The van der Waals surface area contributed by atoms with E-state index in [1.165, 1.54) is 5.56 Å². The maximum Gasteiger partial charge on any atom is 0.221 e. The first kappa shape index (κ1) is 13.2. The molecule has 4 heteroatoms. The van der Waals surface area contributed by atoms with Crippen molar-refractivity contribution in [2.75, 3.05) is 13.1 Å². The molecule has 0 atom stereocenters. The zero-order valence-corrected chi connectivity index (χ0v) is 11.0. The molecule has 1 amide bonds. The van der Waals surface area contributed by atoms with E-state index in [1.54, 1.807) is 0 Å². The van der Waals surface area contributed by atoms with Crippen LogP contribution >= 0.6 is 15.9 Å². The average molecular weight is 285 g/mol. The summed E-state index contributed by atoms with van der Waals surface area (Å²) in [5.41, 5.74) is 1.22. The SMILES string of the molecule is CCNC(=O)CCNCc1ccc(Br)cc1. The molecule has 1 aromatic carbocycles. The number of hydrogen-bond donors (Lipinski definition) is 2. The molecular weight excluding hydrogens is 268 g/mol. The van der Waals surface area contributed by atoms with Crippen LogP contribution in [0.15, 0.2) is 28.7 Å². The minimum atomic E-state index is 0.103. The lowest BCUT2D eigenvalue weighted by molar-refractivity contribution is -0.120. The Balaban J connectivity index is 2.16. The molecular formula is C12H17BrN2O. The van der Waals surface area contributed by atoms with E-state index < -0.39 is 0 Å². The minimum Gasteiger partial charge on any atom is -0.356 e. The van der Waals surface area contributed by atoms with Crippen molar-refractivity contribution in [3.05, 3.63) is 34.3 Å². The fourth-order valence-electron chi connectivity index (χ4n) is 1.32. The van der Waals surface area contributed by atoms with E-state index in [1.807, 2.05) is 19.1 Å². The van der Waals surface area contributed by atoms with Crippen molar-refractivity contribution < 1.29 is 4.79 Å². The molecule has 0 spiro atoms. The lowest BCUT2D eigenvalue weighted by Gasteiger charge is -2.05. The summed E-state index contributed by atoms with van der Waals surface area (Å²) < 4.78 is 1.08. The second-order valence-electron chi connectivity index (χ2n) is 3.51. The second-order valence-corrected chi connectivity index (χ2v) is 4.42. The normalized spacial score (nSPS) is 10.1. The predicted molar refractivity (Wildman–Crippen MR) is 69.1 cm³/mol. The third-order valence-corrected chi connectivity index (χ3v) is 2.67. The fraction of sp³-hybridized carbons (Fsp3) is 0.417. The quantitative estimate of drug-likeness (QED) is 0.786. The zero-order valence-electron chi connectivity index (χ0n) is 9.42. The van der Waals surface area contributed by atoms with Gasteiger partial charge in [-0.25, -0.2) is 0 Å². The summed E-state index contributed by atoms with van der Waals surface area (Å²) in [5, 5.41) is 6.00. The van der Waals surface area contributed by atoms with E-state index in [0.29, 0.717) is 19.5 Å². The van der Waals surface area contributed by atoms with Crippen molar-refractivity contribution in [3.8, 4) is 0 Å². The van der Waals surface area contributed by atoms with Gasteiger partial charge in [0.2, 0.25) is 5.91 Å². The van der Waals surface area contributed by atoms with Crippen LogP contribution in [0.2, 0.25) is 0 Å². The Hall–Kier alpha value is -0.870. The number of carbonyl (C=O) groups excluding carboxylic acids is 1. The molecule has 0 radical (unpaired) electrons. The van der Waals surface area contributed by atoms with E-state index in [0.717, 1.165) is 11.0 Å². The van der Waals surface area contributed by atoms with E-state index in [9.17, 15) is 4.79 Å². The van der Waals surface area contributed by atoms with E-state index in [-0.39, 0.29) is 5.91 Å². The van der Waals surface area contributed by atoms with Gasteiger partial charge in [0.05, 0.1) is 0 Å². The van der Waals surface area contributed by atoms with Gasteiger partial charge < -0.3 is 10.6 Å². The van der Waals surface area contributed by atoms with Crippen LogP contribution in [-0.4, -0.2) is 19.0 Å². The van der Waals surface area contributed by atoms with Crippen molar-refractivity contribution in [1.29, 1.82) is 0 Å². The van der Waals surface area contributed by atoms with Gasteiger partial charge in [-0.15, -0.1) is 0 Å². The number of halogens is 1. The summed E-state index contributed by atoms with van der Waals surface area (Å²) >= 11 is 3.39. The van der Waals surface area contributed by atoms with Crippen LogP contribution in [-0.2, 0) is 11.3 Å². The highest BCUT2D eigenvalue weighted by molar-refractivity contribution is 9.10. The molecule has 2 N–H and O–H groups in total. The Bertz CT molecular complexity index is 324. The Morgan fingerprint density at radius 1 is 1.31 bits per heavy atom. The fourth-order valence-corrected chi connectivity index (χ4v) is 1.59. The first-order valence-corrected chi connectivity index (χ1v) is 6.23. The number of carbonyl (C=O) groups is 1. The van der Waals surface area contributed by atoms with Crippen LogP contribution in [0.1, 0.15) is 18.9 Å². The van der Waals surface area contributed by atoms with Crippen molar-refractivity contribution in [2.24, 2.45) is 0 Å². The van der Waals surface area contributed by atoms with Crippen LogP contribution < -0.4 is 10.6 Å². The summed E-state index contributed by atoms with van der Waals surface area (Å²) in [4.78, 5) is 11.1. The Morgan fingerprint density at radius 2 is 2.00 bits per heavy atom. The van der Waals surface area contributed by atoms with Gasteiger partial charge in [-0.1, -0.05) is 28.1 Å². The molecule has 0 saturated heterocycles. The monoisotopic (exact) mass is 284 g/mol. The largest absolute Gasteiger partial charge is 0.356 e. The van der Waals surface area contributed by atoms with Crippen LogP contribution in [0, 0.1) is 0 Å². The highest BCUT2D eigenvalue weighted by Crippen LogP contribution is 2.09. The van der Waals surface area contributed by atoms with Gasteiger partial charge in [-0.05, 0) is 24.6 Å². The molecule has 0 heterocycles. The molecule has 16 heavy (non-hydrogen) atoms. The summed E-state index contributed by atoms with van der Waals surface area (Å²) in [6, 6.07) is 8.15. The van der Waals surface area contributed by atoms with E-state index in [4.69, 9.17) is 0 Å². The maximum atomic E-state index is 11.1. The Kier molecular flexibility index (Phi) is 6.11. The molecule has 0 aliphatic carbocycles. The van der Waals surface area contributed by atoms with Gasteiger partial charge >= 0.3 is 0 Å². The molecule has 88 valence electrons. The summed E-state index contributed by atoms with van der Waals surface area (Å²) in [6.07, 6.45) is 0.532. The highest BCUT2D eigenvalue weighted by atomic mass is 79.9. The highest BCUT2D eigenvalue weighted by Gasteiger charge is 1.98. The van der Waals surface area contributed by atoms with Gasteiger partial charge in [0.1, 0.15) is 0 Å². The molecule has 0 aliphatic heterocycles. The van der Waals surface area contributed by atoms with Crippen molar-refractivity contribution >= 4 is 21.8 Å². The molecule has 0 bridgehead atoms. The number of rotatable bonds is 6. The van der Waals surface area contributed by atoms with Crippen molar-refractivity contribution in [2.45, 2.75) is 19.9 Å². The minimum absolute atomic E-state index is 0.103. The first-order chi connectivity index (χ1) is 7.72. The van der Waals surface area contributed by atoms with Crippen LogP contribution in [0.5, 0.6) is 0 Å². The molecule has 0 aromatic heterocycles. The van der Waals surface area contributed by atoms with Crippen LogP contribution in [0.4, 0.5) is 0 Å². The van der Waals surface area contributed by atoms with E-state index in [2.05, 4.69) is 38.7 Å². The standard InChI is InChI=1S/C12H17BrN2O/c1-2-15-12(16)7-8-14-9-10-3-5-11(13)6-4-10/h3-6,14H,2,7-9H2,1H3,(H,15,16). The smallest absolute Gasteiger partial charge is 0.221 e. The number of benzene rings is 1. The molecule has 1 rings (SSSR count). The second kappa shape index (κ2) is 7.41. The number of nitrogens with one attached hydrogen (secondary N) is 2. The van der Waals surface area contributed by atoms with Crippen LogP contribution in [0.3, 0.4) is 0 Å². The number of hydrogen-bond acceptors (Lipinski definition) is 2. The number of amides is 1. The molecule has 3 nitrogen and oxygen atoms in total. The summed E-state index contributed by atoms with van der Waals surface area (Å²) in [6.45, 7) is 4.13. The Morgan fingerprint density at radius 3 is 2.62 bits per heavy atom. The van der Waals surface area contributed by atoms with Crippen LogP contribution in [0.25, 0.3) is 0 Å².